The number of alkyl halides is 3. The molecule has 27 heavy (non-hydrogen) atoms. The fourth-order valence-electron chi connectivity index (χ4n) is 3.00. The number of rotatable bonds is 6. The number of sulfonamides is 1. The van der Waals surface area contributed by atoms with E-state index in [4.69, 9.17) is 4.74 Å². The lowest BCUT2D eigenvalue weighted by atomic mass is 10.2. The predicted octanol–water partition coefficient (Wildman–Crippen LogP) is 3.47. The molecule has 1 saturated heterocycles. The van der Waals surface area contributed by atoms with E-state index in [0.29, 0.717) is 18.7 Å². The van der Waals surface area contributed by atoms with Gasteiger partial charge in [-0.1, -0.05) is 18.2 Å². The van der Waals surface area contributed by atoms with Gasteiger partial charge in [0.25, 0.3) is 0 Å². The summed E-state index contributed by atoms with van der Waals surface area (Å²) in [6.07, 6.45) is -2.15. The molecule has 146 valence electrons. The molecular weight excluding hydrogens is 381 g/mol. The molecule has 0 N–H and O–H groups in total. The summed E-state index contributed by atoms with van der Waals surface area (Å²) in [5, 5.41) is 0. The molecule has 9 heteroatoms. The zero-order valence-corrected chi connectivity index (χ0v) is 15.2. The van der Waals surface area contributed by atoms with Crippen molar-refractivity contribution >= 4 is 10.0 Å². The highest BCUT2D eigenvalue weighted by Gasteiger charge is 2.39. The summed E-state index contributed by atoms with van der Waals surface area (Å²) >= 11 is 0. The van der Waals surface area contributed by atoms with Crippen molar-refractivity contribution in [1.29, 1.82) is 0 Å². The van der Waals surface area contributed by atoms with Crippen LogP contribution in [0.2, 0.25) is 0 Å². The van der Waals surface area contributed by atoms with Gasteiger partial charge in [-0.15, -0.1) is 0 Å². The summed E-state index contributed by atoms with van der Waals surface area (Å²) in [5.41, 5.74) is -0.730. The quantitative estimate of drug-likeness (QED) is 0.745. The molecule has 3 rings (SSSR count). The maximum Gasteiger partial charge on any atom is 0.417 e. The summed E-state index contributed by atoms with van der Waals surface area (Å²) < 4.78 is 72.9. The minimum Gasteiger partial charge on any atom is -0.377 e. The van der Waals surface area contributed by atoms with Crippen molar-refractivity contribution in [2.45, 2.75) is 36.6 Å². The normalized spacial score (nSPS) is 18.1. The van der Waals surface area contributed by atoms with Crippen molar-refractivity contribution in [1.82, 2.24) is 9.29 Å². The lowest BCUT2D eigenvalue weighted by Gasteiger charge is -2.26. The largest absolute Gasteiger partial charge is 0.417 e. The topological polar surface area (TPSA) is 59.5 Å². The molecule has 1 aromatic heterocycles. The highest BCUT2D eigenvalue weighted by atomic mass is 32.2. The summed E-state index contributed by atoms with van der Waals surface area (Å²) in [7, 11) is -4.41. The van der Waals surface area contributed by atoms with Gasteiger partial charge >= 0.3 is 6.18 Å². The molecule has 0 bridgehead atoms. The molecule has 0 aliphatic carbocycles. The van der Waals surface area contributed by atoms with Crippen molar-refractivity contribution in [3.8, 4) is 0 Å². The first-order valence-corrected chi connectivity index (χ1v) is 9.90. The fraction of sp³-hybridized carbons (Fsp3) is 0.389. The van der Waals surface area contributed by atoms with E-state index < -0.39 is 26.7 Å². The van der Waals surface area contributed by atoms with Gasteiger partial charge in [-0.3, -0.25) is 4.98 Å². The van der Waals surface area contributed by atoms with Crippen molar-refractivity contribution in [3.05, 3.63) is 59.9 Å². The number of hydrogen-bond acceptors (Lipinski definition) is 4. The molecule has 5 nitrogen and oxygen atoms in total. The maximum atomic E-state index is 13.4. The van der Waals surface area contributed by atoms with Gasteiger partial charge in [0.05, 0.1) is 28.8 Å². The van der Waals surface area contributed by atoms with Crippen LogP contribution < -0.4 is 0 Å². The van der Waals surface area contributed by atoms with Crippen LogP contribution in [0.25, 0.3) is 0 Å². The van der Waals surface area contributed by atoms with E-state index in [2.05, 4.69) is 4.98 Å². The second-order valence-corrected chi connectivity index (χ2v) is 8.15. The molecule has 1 aliphatic rings. The third kappa shape index (κ3) is 4.66. The van der Waals surface area contributed by atoms with Crippen LogP contribution in [0.4, 0.5) is 13.2 Å². The number of halogens is 3. The Hall–Kier alpha value is -1.97. The Morgan fingerprint density at radius 1 is 1.15 bits per heavy atom. The Morgan fingerprint density at radius 3 is 2.52 bits per heavy atom. The Bertz CT molecular complexity index is 867. The van der Waals surface area contributed by atoms with Gasteiger partial charge in [0.2, 0.25) is 10.0 Å². The van der Waals surface area contributed by atoms with E-state index in [1.807, 2.05) is 0 Å². The van der Waals surface area contributed by atoms with Crippen LogP contribution in [-0.4, -0.2) is 37.0 Å². The Kier molecular flexibility index (Phi) is 5.83. The third-order valence-corrected chi connectivity index (χ3v) is 6.18. The first-order chi connectivity index (χ1) is 12.8. The van der Waals surface area contributed by atoms with Gasteiger partial charge in [0.15, 0.2) is 0 Å². The zero-order chi connectivity index (χ0) is 19.5. The average molecular weight is 400 g/mol. The zero-order valence-electron chi connectivity index (χ0n) is 14.4. The molecule has 2 heterocycles. The predicted molar refractivity (Wildman–Crippen MR) is 92.3 cm³/mol. The second kappa shape index (κ2) is 7.95. The van der Waals surface area contributed by atoms with E-state index in [-0.39, 0.29) is 19.2 Å². The van der Waals surface area contributed by atoms with Crippen LogP contribution in [0.15, 0.2) is 53.6 Å². The van der Waals surface area contributed by atoms with E-state index in [0.717, 1.165) is 22.9 Å². The van der Waals surface area contributed by atoms with Gasteiger partial charge < -0.3 is 4.74 Å². The minimum absolute atomic E-state index is 0.0227. The van der Waals surface area contributed by atoms with Gasteiger partial charge in [0.1, 0.15) is 0 Å². The molecule has 1 fully saturated rings. The summed E-state index contributed by atoms with van der Waals surface area (Å²) in [6.45, 7) is 0.363. The first-order valence-electron chi connectivity index (χ1n) is 8.46. The van der Waals surface area contributed by atoms with E-state index in [1.54, 1.807) is 18.2 Å². The van der Waals surface area contributed by atoms with Crippen LogP contribution in [0.5, 0.6) is 0 Å². The molecule has 1 aromatic carbocycles. The molecule has 0 saturated carbocycles. The molecule has 0 radical (unpaired) electrons. The Morgan fingerprint density at radius 2 is 1.89 bits per heavy atom. The second-order valence-electron chi connectivity index (χ2n) is 6.25. The number of ether oxygens (including phenoxy) is 1. The molecule has 2 aromatic rings. The van der Waals surface area contributed by atoms with Crippen LogP contribution in [0.1, 0.15) is 24.1 Å². The number of pyridine rings is 1. The van der Waals surface area contributed by atoms with Crippen LogP contribution in [-0.2, 0) is 27.5 Å². The summed E-state index contributed by atoms with van der Waals surface area (Å²) in [4.78, 5) is 3.34. The number of nitrogens with zero attached hydrogens (tertiary/aromatic N) is 2. The number of aromatic nitrogens is 1. The van der Waals surface area contributed by atoms with Gasteiger partial charge in [0, 0.05) is 19.3 Å². The molecule has 0 amide bonds. The summed E-state index contributed by atoms with van der Waals surface area (Å²) in [6, 6.07) is 9.23. The standard InChI is InChI=1S/C18H19F3N2O3S/c19-18(20,21)16-8-1-2-9-17(16)27(24,25)23(13-15-7-5-11-26-15)12-14-6-3-4-10-22-14/h1-4,6,8-10,15H,5,7,11-13H2. The third-order valence-electron chi connectivity index (χ3n) is 4.31. The Balaban J connectivity index is 1.99. The first kappa shape index (κ1) is 19.8. The monoisotopic (exact) mass is 400 g/mol. The van der Waals surface area contributed by atoms with Gasteiger partial charge in [-0.05, 0) is 37.1 Å². The minimum atomic E-state index is -4.77. The van der Waals surface area contributed by atoms with Gasteiger partial charge in [-0.2, -0.15) is 17.5 Å². The van der Waals surface area contributed by atoms with Crippen molar-refractivity contribution in [3.63, 3.8) is 0 Å². The summed E-state index contributed by atoms with van der Waals surface area (Å²) in [5.74, 6) is 0. The Labute approximate surface area is 155 Å². The molecule has 1 aliphatic heterocycles. The highest BCUT2D eigenvalue weighted by Crippen LogP contribution is 2.35. The van der Waals surface area contributed by atoms with Crippen LogP contribution in [0.3, 0.4) is 0 Å². The van der Waals surface area contributed by atoms with E-state index in [1.165, 1.54) is 18.3 Å². The van der Waals surface area contributed by atoms with E-state index in [9.17, 15) is 21.6 Å². The number of benzene rings is 1. The number of hydrogen-bond donors (Lipinski definition) is 0. The smallest absolute Gasteiger partial charge is 0.377 e. The molecule has 0 spiro atoms. The van der Waals surface area contributed by atoms with Crippen molar-refractivity contribution in [2.75, 3.05) is 13.2 Å². The van der Waals surface area contributed by atoms with Crippen molar-refractivity contribution < 1.29 is 26.3 Å². The average Bonchev–Trinajstić information content (AvgIpc) is 3.14. The van der Waals surface area contributed by atoms with Gasteiger partial charge in [-0.25, -0.2) is 8.42 Å². The lowest BCUT2D eigenvalue weighted by molar-refractivity contribution is -0.139. The van der Waals surface area contributed by atoms with E-state index >= 15 is 0 Å². The molecule has 1 atom stereocenters. The lowest BCUT2D eigenvalue weighted by Crippen LogP contribution is -2.38. The SMILES string of the molecule is O=S(=O)(c1ccccc1C(F)(F)F)N(Cc1ccccn1)CC1CCCO1. The van der Waals surface area contributed by atoms with Crippen molar-refractivity contribution in [2.24, 2.45) is 0 Å². The highest BCUT2D eigenvalue weighted by molar-refractivity contribution is 7.89. The molecular formula is C18H19F3N2O3S. The fourth-order valence-corrected chi connectivity index (χ4v) is 4.66. The maximum absolute atomic E-state index is 13.4. The van der Waals surface area contributed by atoms with Crippen LogP contribution in [0, 0.1) is 0 Å². The van der Waals surface area contributed by atoms with Crippen LogP contribution >= 0.6 is 0 Å². The molecule has 1 unspecified atom stereocenters.